The van der Waals surface area contributed by atoms with Crippen LogP contribution in [0, 0.1) is 0 Å². The molecule has 0 bridgehead atoms. The Morgan fingerprint density at radius 2 is 2.11 bits per heavy atom. The quantitative estimate of drug-likeness (QED) is 0.891. The fraction of sp³-hybridized carbons (Fsp3) is 0.533. The predicted molar refractivity (Wildman–Crippen MR) is 74.6 cm³/mol. The molecule has 1 amide bonds. The summed E-state index contributed by atoms with van der Waals surface area (Å²) in [5.74, 6) is 0. The van der Waals surface area contributed by atoms with E-state index in [-0.39, 0.29) is 17.7 Å². The molecule has 4 nitrogen and oxygen atoms in total. The van der Waals surface area contributed by atoms with Crippen molar-refractivity contribution in [1.29, 1.82) is 0 Å². The minimum atomic E-state index is -0.249. The van der Waals surface area contributed by atoms with Crippen molar-refractivity contribution in [2.75, 3.05) is 6.54 Å². The molecule has 4 heteroatoms. The maximum atomic E-state index is 12.2. The zero-order valence-corrected chi connectivity index (χ0v) is 11.6. The van der Waals surface area contributed by atoms with Crippen LogP contribution in [0.3, 0.4) is 0 Å². The van der Waals surface area contributed by atoms with E-state index in [0.29, 0.717) is 13.2 Å². The third-order valence-electron chi connectivity index (χ3n) is 3.64. The summed E-state index contributed by atoms with van der Waals surface area (Å²) in [5.41, 5.74) is 6.73. The van der Waals surface area contributed by atoms with Crippen LogP contribution in [0.15, 0.2) is 30.3 Å². The van der Waals surface area contributed by atoms with E-state index in [1.165, 1.54) is 0 Å². The molecular formula is C15H22N2O2. The summed E-state index contributed by atoms with van der Waals surface area (Å²) in [6, 6.07) is 9.89. The van der Waals surface area contributed by atoms with Gasteiger partial charge in [0.2, 0.25) is 0 Å². The Morgan fingerprint density at radius 1 is 1.42 bits per heavy atom. The largest absolute Gasteiger partial charge is 0.445 e. The Balaban J connectivity index is 1.93. The molecule has 1 saturated heterocycles. The second-order valence-electron chi connectivity index (χ2n) is 5.76. The lowest BCUT2D eigenvalue weighted by Crippen LogP contribution is -2.55. The van der Waals surface area contributed by atoms with E-state index in [0.717, 1.165) is 18.4 Å². The van der Waals surface area contributed by atoms with Gasteiger partial charge in [-0.25, -0.2) is 4.79 Å². The molecule has 1 atom stereocenters. The van der Waals surface area contributed by atoms with Crippen LogP contribution in [0.25, 0.3) is 0 Å². The van der Waals surface area contributed by atoms with Gasteiger partial charge in [0.1, 0.15) is 6.61 Å². The molecule has 0 saturated carbocycles. The van der Waals surface area contributed by atoms with Crippen molar-refractivity contribution in [3.8, 4) is 0 Å². The second-order valence-corrected chi connectivity index (χ2v) is 5.76. The highest BCUT2D eigenvalue weighted by molar-refractivity contribution is 5.68. The van der Waals surface area contributed by atoms with E-state index < -0.39 is 0 Å². The minimum absolute atomic E-state index is 0.174. The van der Waals surface area contributed by atoms with E-state index in [9.17, 15) is 4.79 Å². The number of hydrogen-bond acceptors (Lipinski definition) is 3. The van der Waals surface area contributed by atoms with Gasteiger partial charge in [0, 0.05) is 18.1 Å². The van der Waals surface area contributed by atoms with Crippen molar-refractivity contribution in [1.82, 2.24) is 4.90 Å². The number of amides is 1. The number of piperidine rings is 1. The molecule has 1 unspecified atom stereocenters. The molecule has 0 radical (unpaired) electrons. The van der Waals surface area contributed by atoms with Crippen LogP contribution in [-0.2, 0) is 11.3 Å². The molecule has 0 aromatic heterocycles. The van der Waals surface area contributed by atoms with Crippen molar-refractivity contribution in [2.45, 2.75) is 44.9 Å². The molecule has 1 aliphatic rings. The Kier molecular flexibility index (Phi) is 4.10. The van der Waals surface area contributed by atoms with Gasteiger partial charge in [-0.3, -0.25) is 0 Å². The predicted octanol–water partition coefficient (Wildman–Crippen LogP) is 2.52. The summed E-state index contributed by atoms with van der Waals surface area (Å²) in [6.45, 7) is 5.06. The van der Waals surface area contributed by atoms with Gasteiger partial charge < -0.3 is 15.4 Å². The maximum absolute atomic E-state index is 12.2. The van der Waals surface area contributed by atoms with Crippen LogP contribution < -0.4 is 5.73 Å². The summed E-state index contributed by atoms with van der Waals surface area (Å²) < 4.78 is 5.38. The molecule has 19 heavy (non-hydrogen) atoms. The zero-order valence-electron chi connectivity index (χ0n) is 11.6. The van der Waals surface area contributed by atoms with Crippen molar-refractivity contribution in [3.05, 3.63) is 35.9 Å². The van der Waals surface area contributed by atoms with Crippen LogP contribution >= 0.6 is 0 Å². The van der Waals surface area contributed by atoms with Gasteiger partial charge in [0.15, 0.2) is 0 Å². The molecule has 1 heterocycles. The molecular weight excluding hydrogens is 240 g/mol. The first-order valence-corrected chi connectivity index (χ1v) is 6.73. The van der Waals surface area contributed by atoms with E-state index in [1.54, 1.807) is 4.90 Å². The smallest absolute Gasteiger partial charge is 0.410 e. The molecule has 0 aliphatic carbocycles. The Hall–Kier alpha value is -1.55. The molecule has 0 spiro atoms. The third kappa shape index (κ3) is 3.47. The number of nitrogens with two attached hydrogens (primary N) is 1. The summed E-state index contributed by atoms with van der Waals surface area (Å²) in [7, 11) is 0. The minimum Gasteiger partial charge on any atom is -0.445 e. The first-order chi connectivity index (χ1) is 8.99. The number of hydrogen-bond donors (Lipinski definition) is 1. The van der Waals surface area contributed by atoms with Crippen LogP contribution in [0.4, 0.5) is 4.79 Å². The normalized spacial score (nSPS) is 22.1. The van der Waals surface area contributed by atoms with Gasteiger partial charge >= 0.3 is 6.09 Å². The third-order valence-corrected chi connectivity index (χ3v) is 3.64. The molecule has 1 aromatic rings. The molecule has 1 fully saturated rings. The van der Waals surface area contributed by atoms with Crippen molar-refractivity contribution >= 4 is 6.09 Å². The number of likely N-dealkylation sites (tertiary alicyclic amines) is 1. The van der Waals surface area contributed by atoms with Crippen molar-refractivity contribution < 1.29 is 9.53 Å². The monoisotopic (exact) mass is 262 g/mol. The van der Waals surface area contributed by atoms with E-state index in [2.05, 4.69) is 0 Å². The Morgan fingerprint density at radius 3 is 2.74 bits per heavy atom. The number of carbonyl (C=O) groups excluding carboxylic acids is 1. The fourth-order valence-electron chi connectivity index (χ4n) is 2.59. The molecule has 104 valence electrons. The topological polar surface area (TPSA) is 55.6 Å². The Bertz CT molecular complexity index is 431. The summed E-state index contributed by atoms with van der Waals surface area (Å²) in [6.07, 6.45) is 1.40. The molecule has 2 rings (SSSR count). The number of benzene rings is 1. The first-order valence-electron chi connectivity index (χ1n) is 6.73. The van der Waals surface area contributed by atoms with Gasteiger partial charge in [-0.1, -0.05) is 30.3 Å². The highest BCUT2D eigenvalue weighted by atomic mass is 16.6. The molecule has 1 aliphatic heterocycles. The van der Waals surface area contributed by atoms with Crippen LogP contribution in [0.2, 0.25) is 0 Å². The highest BCUT2D eigenvalue weighted by Gasteiger charge is 2.37. The lowest BCUT2D eigenvalue weighted by Gasteiger charge is -2.43. The second kappa shape index (κ2) is 5.61. The van der Waals surface area contributed by atoms with Gasteiger partial charge in [0.05, 0.1) is 0 Å². The standard InChI is InChI=1S/C15H22N2O2/c1-15(2)10-13(16)8-9-17(15)14(18)19-11-12-6-4-3-5-7-12/h3-7,13H,8-11,16H2,1-2H3. The summed E-state index contributed by atoms with van der Waals surface area (Å²) >= 11 is 0. The number of ether oxygens (including phenoxy) is 1. The SMILES string of the molecule is CC1(C)CC(N)CCN1C(=O)OCc1ccccc1. The van der Waals surface area contributed by atoms with Crippen molar-refractivity contribution in [3.63, 3.8) is 0 Å². The number of carbonyl (C=O) groups is 1. The van der Waals surface area contributed by atoms with Crippen LogP contribution in [0.5, 0.6) is 0 Å². The Labute approximate surface area is 114 Å². The van der Waals surface area contributed by atoms with E-state index in [1.807, 2.05) is 44.2 Å². The maximum Gasteiger partial charge on any atom is 0.410 e. The average molecular weight is 262 g/mol. The number of nitrogens with zero attached hydrogens (tertiary/aromatic N) is 1. The number of rotatable bonds is 2. The van der Waals surface area contributed by atoms with Gasteiger partial charge in [-0.15, -0.1) is 0 Å². The van der Waals surface area contributed by atoms with Gasteiger partial charge in [-0.05, 0) is 32.3 Å². The highest BCUT2D eigenvalue weighted by Crippen LogP contribution is 2.27. The van der Waals surface area contributed by atoms with E-state index >= 15 is 0 Å². The summed E-state index contributed by atoms with van der Waals surface area (Å²) in [4.78, 5) is 13.9. The first kappa shape index (κ1) is 13.9. The summed E-state index contributed by atoms with van der Waals surface area (Å²) in [5, 5.41) is 0. The van der Waals surface area contributed by atoms with Gasteiger partial charge in [0.25, 0.3) is 0 Å². The van der Waals surface area contributed by atoms with Crippen LogP contribution in [0.1, 0.15) is 32.3 Å². The molecule has 1 aromatic carbocycles. The van der Waals surface area contributed by atoms with Crippen molar-refractivity contribution in [2.24, 2.45) is 5.73 Å². The lowest BCUT2D eigenvalue weighted by atomic mass is 9.88. The fourth-order valence-corrected chi connectivity index (χ4v) is 2.59. The van der Waals surface area contributed by atoms with Crippen LogP contribution in [-0.4, -0.2) is 29.1 Å². The lowest BCUT2D eigenvalue weighted by molar-refractivity contribution is 0.0348. The average Bonchev–Trinajstić information content (AvgIpc) is 2.36. The molecule has 2 N–H and O–H groups in total. The zero-order chi connectivity index (χ0) is 13.9. The van der Waals surface area contributed by atoms with Gasteiger partial charge in [-0.2, -0.15) is 0 Å². The van der Waals surface area contributed by atoms with E-state index in [4.69, 9.17) is 10.5 Å².